The number of esters is 2. The van der Waals surface area contributed by atoms with E-state index in [4.69, 9.17) is 16.3 Å². The third-order valence-corrected chi connectivity index (χ3v) is 4.54. The zero-order valence-electron chi connectivity index (χ0n) is 13.7. The van der Waals surface area contributed by atoms with Crippen molar-refractivity contribution in [1.82, 2.24) is 4.90 Å². The number of rotatable bonds is 6. The second kappa shape index (κ2) is 8.64. The van der Waals surface area contributed by atoms with E-state index >= 15 is 0 Å². The predicted octanol–water partition coefficient (Wildman–Crippen LogP) is 3.00. The first-order valence-corrected chi connectivity index (χ1v) is 8.44. The SMILES string of the molecule is COC(=O)c1ccccc1C(=O)OCC(=O)N(C)Cc1ccc(Cl)s1. The summed E-state index contributed by atoms with van der Waals surface area (Å²) in [6.45, 7) is -0.0591. The smallest absolute Gasteiger partial charge is 0.339 e. The molecule has 0 aliphatic carbocycles. The molecule has 0 saturated carbocycles. The summed E-state index contributed by atoms with van der Waals surface area (Å²) in [5, 5.41) is 0. The van der Waals surface area contributed by atoms with Crippen molar-refractivity contribution in [2.24, 2.45) is 0 Å². The normalized spacial score (nSPS) is 10.2. The summed E-state index contributed by atoms with van der Waals surface area (Å²) in [6.07, 6.45) is 0. The number of hydrogen-bond acceptors (Lipinski definition) is 6. The van der Waals surface area contributed by atoms with Crippen molar-refractivity contribution in [1.29, 1.82) is 0 Å². The number of thiophene rings is 1. The van der Waals surface area contributed by atoms with Gasteiger partial charge in [-0.05, 0) is 24.3 Å². The van der Waals surface area contributed by atoms with E-state index in [1.807, 2.05) is 6.07 Å². The zero-order chi connectivity index (χ0) is 18.4. The molecule has 132 valence electrons. The maximum absolute atomic E-state index is 12.2. The van der Waals surface area contributed by atoms with Crippen LogP contribution in [0.25, 0.3) is 0 Å². The summed E-state index contributed by atoms with van der Waals surface area (Å²) in [6, 6.07) is 9.68. The van der Waals surface area contributed by atoms with Gasteiger partial charge in [0.15, 0.2) is 6.61 Å². The Kier molecular flexibility index (Phi) is 6.55. The van der Waals surface area contributed by atoms with Gasteiger partial charge < -0.3 is 14.4 Å². The van der Waals surface area contributed by atoms with E-state index in [0.29, 0.717) is 10.9 Å². The molecular formula is C17H16ClNO5S. The molecule has 0 fully saturated rings. The number of hydrogen-bond donors (Lipinski definition) is 0. The predicted molar refractivity (Wildman–Crippen MR) is 93.9 cm³/mol. The summed E-state index contributed by atoms with van der Waals surface area (Å²) in [5.74, 6) is -1.78. The van der Waals surface area contributed by atoms with E-state index in [9.17, 15) is 14.4 Å². The van der Waals surface area contributed by atoms with E-state index in [2.05, 4.69) is 4.74 Å². The summed E-state index contributed by atoms with van der Waals surface area (Å²) in [7, 11) is 2.83. The minimum atomic E-state index is -0.762. The van der Waals surface area contributed by atoms with Crippen LogP contribution in [-0.4, -0.2) is 43.5 Å². The Morgan fingerprint density at radius 1 is 1.08 bits per heavy atom. The largest absolute Gasteiger partial charge is 0.465 e. The van der Waals surface area contributed by atoms with E-state index in [1.54, 1.807) is 25.2 Å². The molecule has 0 atom stereocenters. The molecule has 0 aliphatic heterocycles. The molecule has 8 heteroatoms. The van der Waals surface area contributed by atoms with Crippen LogP contribution in [0.1, 0.15) is 25.6 Å². The molecule has 0 radical (unpaired) electrons. The average Bonchev–Trinajstić information content (AvgIpc) is 3.03. The lowest BCUT2D eigenvalue weighted by molar-refractivity contribution is -0.133. The highest BCUT2D eigenvalue weighted by molar-refractivity contribution is 7.16. The van der Waals surface area contributed by atoms with Gasteiger partial charge in [0, 0.05) is 11.9 Å². The lowest BCUT2D eigenvalue weighted by Gasteiger charge is -2.16. The number of likely N-dealkylation sites (N-methyl/N-ethyl adjacent to an activating group) is 1. The number of carbonyl (C=O) groups is 3. The van der Waals surface area contributed by atoms with Gasteiger partial charge in [0.05, 0.1) is 29.1 Å². The van der Waals surface area contributed by atoms with Gasteiger partial charge in [-0.1, -0.05) is 23.7 Å². The Bertz CT molecular complexity index is 789. The molecule has 1 amide bonds. The Morgan fingerprint density at radius 2 is 1.72 bits per heavy atom. The number of halogens is 1. The van der Waals surface area contributed by atoms with Crippen LogP contribution < -0.4 is 0 Å². The molecule has 0 N–H and O–H groups in total. The zero-order valence-corrected chi connectivity index (χ0v) is 15.2. The van der Waals surface area contributed by atoms with Crippen molar-refractivity contribution < 1.29 is 23.9 Å². The molecule has 25 heavy (non-hydrogen) atoms. The third-order valence-electron chi connectivity index (χ3n) is 3.33. The van der Waals surface area contributed by atoms with Crippen LogP contribution in [-0.2, 0) is 20.8 Å². The molecule has 0 unspecified atom stereocenters. The number of ether oxygens (including phenoxy) is 2. The van der Waals surface area contributed by atoms with Crippen molar-refractivity contribution in [3.8, 4) is 0 Å². The third kappa shape index (κ3) is 5.04. The second-order valence-electron chi connectivity index (χ2n) is 5.07. The quantitative estimate of drug-likeness (QED) is 0.719. The van der Waals surface area contributed by atoms with Crippen molar-refractivity contribution in [2.45, 2.75) is 6.54 Å². The highest BCUT2D eigenvalue weighted by Gasteiger charge is 2.20. The average molecular weight is 382 g/mol. The van der Waals surface area contributed by atoms with E-state index < -0.39 is 18.5 Å². The van der Waals surface area contributed by atoms with Crippen LogP contribution >= 0.6 is 22.9 Å². The lowest BCUT2D eigenvalue weighted by atomic mass is 10.1. The Balaban J connectivity index is 1.95. The molecule has 0 spiro atoms. The van der Waals surface area contributed by atoms with Gasteiger partial charge in [-0.3, -0.25) is 4.79 Å². The first-order chi connectivity index (χ1) is 11.9. The van der Waals surface area contributed by atoms with Crippen molar-refractivity contribution in [3.63, 3.8) is 0 Å². The topological polar surface area (TPSA) is 72.9 Å². The van der Waals surface area contributed by atoms with Crippen LogP contribution in [0.15, 0.2) is 36.4 Å². The first kappa shape index (κ1) is 19.0. The molecule has 0 aliphatic rings. The summed E-state index contributed by atoms with van der Waals surface area (Å²) >= 11 is 7.23. The molecule has 1 aromatic heterocycles. The van der Waals surface area contributed by atoms with Crippen LogP contribution in [0.4, 0.5) is 0 Å². The van der Waals surface area contributed by atoms with Crippen LogP contribution in [0.2, 0.25) is 4.34 Å². The summed E-state index contributed by atoms with van der Waals surface area (Å²) < 4.78 is 10.3. The van der Waals surface area contributed by atoms with E-state index in [-0.39, 0.29) is 17.0 Å². The number of carbonyl (C=O) groups excluding carboxylic acids is 3. The summed E-state index contributed by atoms with van der Waals surface area (Å²) in [4.78, 5) is 38.3. The standard InChI is InChI=1S/C17H16ClNO5S/c1-19(9-11-7-8-14(18)25-11)15(20)10-24-17(22)13-6-4-3-5-12(13)16(21)23-2/h3-8H,9-10H2,1-2H3. The maximum atomic E-state index is 12.2. The minimum Gasteiger partial charge on any atom is -0.465 e. The molecular weight excluding hydrogens is 366 g/mol. The Morgan fingerprint density at radius 3 is 2.28 bits per heavy atom. The van der Waals surface area contributed by atoms with Crippen molar-refractivity contribution in [2.75, 3.05) is 20.8 Å². The van der Waals surface area contributed by atoms with Gasteiger partial charge in [-0.2, -0.15) is 0 Å². The number of benzene rings is 1. The molecule has 2 aromatic rings. The first-order valence-electron chi connectivity index (χ1n) is 7.25. The molecule has 0 bridgehead atoms. The number of nitrogens with zero attached hydrogens (tertiary/aromatic N) is 1. The van der Waals surface area contributed by atoms with Gasteiger partial charge >= 0.3 is 11.9 Å². The van der Waals surface area contributed by atoms with Crippen LogP contribution in [0.5, 0.6) is 0 Å². The highest BCUT2D eigenvalue weighted by atomic mass is 35.5. The second-order valence-corrected chi connectivity index (χ2v) is 6.87. The number of methoxy groups -OCH3 is 1. The Hall–Kier alpha value is -2.38. The highest BCUT2D eigenvalue weighted by Crippen LogP contribution is 2.22. The molecule has 2 rings (SSSR count). The van der Waals surface area contributed by atoms with Gasteiger partial charge in [-0.25, -0.2) is 9.59 Å². The van der Waals surface area contributed by atoms with Crippen molar-refractivity contribution in [3.05, 3.63) is 56.7 Å². The summed E-state index contributed by atoms with van der Waals surface area (Å²) in [5.41, 5.74) is 0.138. The van der Waals surface area contributed by atoms with E-state index in [1.165, 1.54) is 35.5 Å². The molecule has 1 heterocycles. The van der Waals surface area contributed by atoms with E-state index in [0.717, 1.165) is 4.88 Å². The van der Waals surface area contributed by atoms with Crippen LogP contribution in [0, 0.1) is 0 Å². The molecule has 0 saturated heterocycles. The lowest BCUT2D eigenvalue weighted by Crippen LogP contribution is -2.30. The number of amides is 1. The fourth-order valence-electron chi connectivity index (χ4n) is 2.02. The van der Waals surface area contributed by atoms with Gasteiger partial charge in [0.2, 0.25) is 0 Å². The maximum Gasteiger partial charge on any atom is 0.339 e. The minimum absolute atomic E-state index is 0.0508. The monoisotopic (exact) mass is 381 g/mol. The Labute approximate surface area is 153 Å². The fraction of sp³-hybridized carbons (Fsp3) is 0.235. The van der Waals surface area contributed by atoms with Gasteiger partial charge in [0.1, 0.15) is 0 Å². The van der Waals surface area contributed by atoms with Crippen molar-refractivity contribution >= 4 is 40.8 Å². The van der Waals surface area contributed by atoms with Crippen LogP contribution in [0.3, 0.4) is 0 Å². The van der Waals surface area contributed by atoms with Gasteiger partial charge in [0.25, 0.3) is 5.91 Å². The molecule has 1 aromatic carbocycles. The van der Waals surface area contributed by atoms with Gasteiger partial charge in [-0.15, -0.1) is 11.3 Å². The fourth-order valence-corrected chi connectivity index (χ4v) is 3.16. The molecule has 6 nitrogen and oxygen atoms in total.